The molecule has 1 amide bonds. The summed E-state index contributed by atoms with van der Waals surface area (Å²) < 4.78 is 51.9. The van der Waals surface area contributed by atoms with Gasteiger partial charge in [-0.15, -0.1) is 0 Å². The lowest BCUT2D eigenvalue weighted by Gasteiger charge is -2.04. The van der Waals surface area contributed by atoms with Crippen LogP contribution >= 0.6 is 0 Å². The van der Waals surface area contributed by atoms with E-state index < -0.39 is 34.9 Å². The number of halogens is 4. The molecule has 0 aromatic heterocycles. The molecule has 0 fully saturated rings. The third-order valence-corrected chi connectivity index (χ3v) is 2.54. The quantitative estimate of drug-likeness (QED) is 0.519. The van der Waals surface area contributed by atoms with Gasteiger partial charge in [-0.2, -0.15) is 0 Å². The van der Waals surface area contributed by atoms with Crippen LogP contribution in [0, 0.1) is 23.3 Å². The van der Waals surface area contributed by atoms with Gasteiger partial charge in [-0.3, -0.25) is 4.79 Å². The van der Waals surface area contributed by atoms with Gasteiger partial charge in [0.15, 0.2) is 11.6 Å². The minimum absolute atomic E-state index is 0.335. The van der Waals surface area contributed by atoms with Crippen molar-refractivity contribution in [3.63, 3.8) is 0 Å². The number of amides is 1. The number of carbonyl (C=O) groups is 1. The SMILES string of the molecule is O=C(/C=C/c1cccc(F)c1)Nc1cc(F)c(F)cc1F. The second-order valence-electron chi connectivity index (χ2n) is 4.12. The van der Waals surface area contributed by atoms with E-state index in [1.165, 1.54) is 24.3 Å². The zero-order chi connectivity index (χ0) is 15.4. The van der Waals surface area contributed by atoms with Crippen LogP contribution in [0.5, 0.6) is 0 Å². The number of carbonyl (C=O) groups excluding carboxylic acids is 1. The lowest BCUT2D eigenvalue weighted by Crippen LogP contribution is -2.10. The van der Waals surface area contributed by atoms with E-state index in [1.54, 1.807) is 6.07 Å². The monoisotopic (exact) mass is 295 g/mol. The number of nitrogens with one attached hydrogen (secondary N) is 1. The van der Waals surface area contributed by atoms with Crippen molar-refractivity contribution in [2.45, 2.75) is 0 Å². The summed E-state index contributed by atoms with van der Waals surface area (Å²) in [5, 5.41) is 2.06. The summed E-state index contributed by atoms with van der Waals surface area (Å²) in [7, 11) is 0. The first-order chi connectivity index (χ1) is 9.95. The maximum Gasteiger partial charge on any atom is 0.248 e. The molecule has 108 valence electrons. The van der Waals surface area contributed by atoms with E-state index in [4.69, 9.17) is 0 Å². The fourth-order valence-corrected chi connectivity index (χ4v) is 1.57. The Balaban J connectivity index is 2.10. The smallest absolute Gasteiger partial charge is 0.248 e. The molecule has 0 aliphatic carbocycles. The van der Waals surface area contributed by atoms with Gasteiger partial charge in [0.25, 0.3) is 0 Å². The summed E-state index contributed by atoms with van der Waals surface area (Å²) in [6.07, 6.45) is 2.33. The van der Waals surface area contributed by atoms with Crippen LogP contribution in [0.3, 0.4) is 0 Å². The molecule has 0 aliphatic rings. The van der Waals surface area contributed by atoms with Crippen molar-refractivity contribution in [1.82, 2.24) is 0 Å². The van der Waals surface area contributed by atoms with Gasteiger partial charge in [0, 0.05) is 18.2 Å². The molecule has 0 unspecified atom stereocenters. The Labute approximate surface area is 117 Å². The van der Waals surface area contributed by atoms with Crippen LogP contribution in [0.15, 0.2) is 42.5 Å². The average molecular weight is 295 g/mol. The summed E-state index contributed by atoms with van der Waals surface area (Å²) >= 11 is 0. The maximum absolute atomic E-state index is 13.3. The van der Waals surface area contributed by atoms with Gasteiger partial charge in [-0.05, 0) is 23.8 Å². The summed E-state index contributed by atoms with van der Waals surface area (Å²) in [5.74, 6) is -4.95. The Morgan fingerprint density at radius 3 is 2.38 bits per heavy atom. The molecule has 21 heavy (non-hydrogen) atoms. The van der Waals surface area contributed by atoms with Crippen molar-refractivity contribution < 1.29 is 22.4 Å². The minimum atomic E-state index is -1.35. The predicted molar refractivity (Wildman–Crippen MR) is 70.4 cm³/mol. The van der Waals surface area contributed by atoms with E-state index in [-0.39, 0.29) is 0 Å². The van der Waals surface area contributed by atoms with Gasteiger partial charge in [-0.25, -0.2) is 17.6 Å². The van der Waals surface area contributed by atoms with Crippen molar-refractivity contribution in [1.29, 1.82) is 0 Å². The van der Waals surface area contributed by atoms with E-state index in [1.807, 2.05) is 0 Å². The average Bonchev–Trinajstić information content (AvgIpc) is 2.43. The molecule has 0 saturated heterocycles. The van der Waals surface area contributed by atoms with E-state index >= 15 is 0 Å². The molecular formula is C15H9F4NO. The van der Waals surface area contributed by atoms with E-state index in [0.29, 0.717) is 17.7 Å². The van der Waals surface area contributed by atoms with Crippen LogP contribution in [0.1, 0.15) is 5.56 Å². The Hall–Kier alpha value is -2.63. The number of hydrogen-bond donors (Lipinski definition) is 1. The van der Waals surface area contributed by atoms with Crippen LogP contribution in [-0.2, 0) is 4.79 Å². The van der Waals surface area contributed by atoms with Crippen LogP contribution < -0.4 is 5.32 Å². The molecule has 0 radical (unpaired) electrons. The summed E-state index contributed by atoms with van der Waals surface area (Å²) in [6.45, 7) is 0. The molecule has 2 aromatic rings. The van der Waals surface area contributed by atoms with E-state index in [0.717, 1.165) is 6.08 Å². The molecule has 2 nitrogen and oxygen atoms in total. The molecule has 6 heteroatoms. The standard InChI is InChI=1S/C15H9F4NO/c16-10-3-1-2-9(6-10)4-5-15(21)20-14-8-12(18)11(17)7-13(14)19/h1-8H,(H,20,21)/b5-4+. The number of anilines is 1. The van der Waals surface area contributed by atoms with Crippen molar-refractivity contribution in [3.05, 3.63) is 71.3 Å². The van der Waals surface area contributed by atoms with Crippen LogP contribution in [0.4, 0.5) is 23.2 Å². The van der Waals surface area contributed by atoms with E-state index in [2.05, 4.69) is 5.32 Å². The van der Waals surface area contributed by atoms with Gasteiger partial charge in [0.2, 0.25) is 5.91 Å². The third kappa shape index (κ3) is 3.92. The maximum atomic E-state index is 13.3. The highest BCUT2D eigenvalue weighted by atomic mass is 19.2. The van der Waals surface area contributed by atoms with Gasteiger partial charge < -0.3 is 5.32 Å². The highest BCUT2D eigenvalue weighted by molar-refractivity contribution is 6.01. The fraction of sp³-hybridized carbons (Fsp3) is 0. The fourth-order valence-electron chi connectivity index (χ4n) is 1.57. The highest BCUT2D eigenvalue weighted by Gasteiger charge is 2.11. The van der Waals surface area contributed by atoms with Crippen molar-refractivity contribution in [2.75, 3.05) is 5.32 Å². The zero-order valence-corrected chi connectivity index (χ0v) is 10.5. The summed E-state index contributed by atoms with van der Waals surface area (Å²) in [5.41, 5.74) is -0.0568. The Morgan fingerprint density at radius 2 is 1.67 bits per heavy atom. The third-order valence-electron chi connectivity index (χ3n) is 2.54. The Kier molecular flexibility index (Phi) is 4.37. The second-order valence-corrected chi connectivity index (χ2v) is 4.12. The zero-order valence-electron chi connectivity index (χ0n) is 10.5. The lowest BCUT2D eigenvalue weighted by atomic mass is 10.2. The number of benzene rings is 2. The lowest BCUT2D eigenvalue weighted by molar-refractivity contribution is -0.111. The normalized spacial score (nSPS) is 10.9. The summed E-state index contributed by atoms with van der Waals surface area (Å²) in [4.78, 5) is 11.5. The molecule has 0 aliphatic heterocycles. The molecule has 0 atom stereocenters. The van der Waals surface area contributed by atoms with Gasteiger partial charge in [-0.1, -0.05) is 12.1 Å². The molecule has 1 N–H and O–H groups in total. The van der Waals surface area contributed by atoms with Gasteiger partial charge in [0.1, 0.15) is 11.6 Å². The molecule has 2 rings (SSSR count). The first-order valence-corrected chi connectivity index (χ1v) is 5.85. The topological polar surface area (TPSA) is 29.1 Å². The number of rotatable bonds is 3. The first kappa shape index (κ1) is 14.8. The largest absolute Gasteiger partial charge is 0.320 e. The Bertz CT molecular complexity index is 713. The van der Waals surface area contributed by atoms with Crippen molar-refractivity contribution >= 4 is 17.7 Å². The molecule has 0 heterocycles. The van der Waals surface area contributed by atoms with Gasteiger partial charge in [0.05, 0.1) is 5.69 Å². The van der Waals surface area contributed by atoms with Crippen LogP contribution in [0.25, 0.3) is 6.08 Å². The second kappa shape index (κ2) is 6.21. The first-order valence-electron chi connectivity index (χ1n) is 5.85. The predicted octanol–water partition coefficient (Wildman–Crippen LogP) is 3.89. The van der Waals surface area contributed by atoms with Crippen LogP contribution in [-0.4, -0.2) is 5.91 Å². The molecule has 2 aromatic carbocycles. The van der Waals surface area contributed by atoms with Gasteiger partial charge >= 0.3 is 0 Å². The molecule has 0 saturated carbocycles. The molecular weight excluding hydrogens is 286 g/mol. The Morgan fingerprint density at radius 1 is 0.952 bits per heavy atom. The van der Waals surface area contributed by atoms with Crippen molar-refractivity contribution in [3.8, 4) is 0 Å². The summed E-state index contributed by atoms with van der Waals surface area (Å²) in [6, 6.07) is 6.34. The van der Waals surface area contributed by atoms with E-state index in [9.17, 15) is 22.4 Å². The highest BCUT2D eigenvalue weighted by Crippen LogP contribution is 2.18. The minimum Gasteiger partial charge on any atom is -0.320 e. The van der Waals surface area contributed by atoms with Crippen molar-refractivity contribution in [2.24, 2.45) is 0 Å². The van der Waals surface area contributed by atoms with Crippen LogP contribution in [0.2, 0.25) is 0 Å². The molecule has 0 spiro atoms. The molecule has 0 bridgehead atoms. The number of hydrogen-bond acceptors (Lipinski definition) is 1.